The Hall–Kier alpha value is -2.37. The Morgan fingerprint density at radius 2 is 2.04 bits per heavy atom. The van der Waals surface area contributed by atoms with E-state index in [-0.39, 0.29) is 23.8 Å². The van der Waals surface area contributed by atoms with Crippen LogP contribution in [0.5, 0.6) is 5.75 Å². The molecular weight excluding hydrogens is 318 g/mol. The largest absolute Gasteiger partial charge is 0.484 e. The van der Waals surface area contributed by atoms with Gasteiger partial charge in [0.1, 0.15) is 5.75 Å². The van der Waals surface area contributed by atoms with Gasteiger partial charge in [-0.2, -0.15) is 0 Å². The SMILES string of the molecule is CC(C)(C)C(=O)N1CCCC(c2nnc(COc3ccccc3)o2)C1. The number of likely N-dealkylation sites (tertiary alicyclic amines) is 1. The number of piperidine rings is 1. The summed E-state index contributed by atoms with van der Waals surface area (Å²) < 4.78 is 11.4. The average molecular weight is 343 g/mol. The number of carbonyl (C=O) groups is 1. The lowest BCUT2D eigenvalue weighted by atomic mass is 9.91. The summed E-state index contributed by atoms with van der Waals surface area (Å²) in [6, 6.07) is 9.53. The minimum Gasteiger partial charge on any atom is -0.484 e. The molecule has 134 valence electrons. The zero-order valence-electron chi connectivity index (χ0n) is 15.1. The number of hydrogen-bond donors (Lipinski definition) is 0. The zero-order chi connectivity index (χ0) is 17.9. The van der Waals surface area contributed by atoms with E-state index in [9.17, 15) is 4.79 Å². The number of nitrogens with zero attached hydrogens (tertiary/aromatic N) is 3. The maximum Gasteiger partial charge on any atom is 0.253 e. The number of para-hydroxylation sites is 1. The topological polar surface area (TPSA) is 68.5 Å². The van der Waals surface area contributed by atoms with Crippen LogP contribution in [-0.4, -0.2) is 34.1 Å². The van der Waals surface area contributed by atoms with Crippen molar-refractivity contribution in [1.29, 1.82) is 0 Å². The molecule has 2 heterocycles. The monoisotopic (exact) mass is 343 g/mol. The highest BCUT2D eigenvalue weighted by molar-refractivity contribution is 5.81. The molecule has 1 fully saturated rings. The number of benzene rings is 1. The Kier molecular flexibility index (Phi) is 5.06. The Labute approximate surface area is 148 Å². The fraction of sp³-hybridized carbons (Fsp3) is 0.526. The molecule has 6 heteroatoms. The van der Waals surface area contributed by atoms with Gasteiger partial charge in [-0.05, 0) is 25.0 Å². The van der Waals surface area contributed by atoms with E-state index in [2.05, 4.69) is 10.2 Å². The summed E-state index contributed by atoms with van der Waals surface area (Å²) in [5, 5.41) is 8.25. The van der Waals surface area contributed by atoms with Gasteiger partial charge < -0.3 is 14.1 Å². The van der Waals surface area contributed by atoms with E-state index in [1.165, 1.54) is 0 Å². The second kappa shape index (κ2) is 7.25. The molecule has 25 heavy (non-hydrogen) atoms. The molecule has 1 amide bonds. The van der Waals surface area contributed by atoms with E-state index in [0.29, 0.717) is 18.3 Å². The highest BCUT2D eigenvalue weighted by atomic mass is 16.5. The molecule has 0 N–H and O–H groups in total. The van der Waals surface area contributed by atoms with Crippen molar-refractivity contribution in [2.45, 2.75) is 46.1 Å². The quantitative estimate of drug-likeness (QED) is 0.851. The van der Waals surface area contributed by atoms with Crippen molar-refractivity contribution in [2.75, 3.05) is 13.1 Å². The summed E-state index contributed by atoms with van der Waals surface area (Å²) in [6.45, 7) is 7.52. The van der Waals surface area contributed by atoms with Crippen molar-refractivity contribution >= 4 is 5.91 Å². The third-order valence-electron chi connectivity index (χ3n) is 4.29. The molecule has 0 aliphatic carbocycles. The summed E-state index contributed by atoms with van der Waals surface area (Å²) >= 11 is 0. The number of carbonyl (C=O) groups excluding carboxylic acids is 1. The van der Waals surface area contributed by atoms with Crippen molar-refractivity contribution in [2.24, 2.45) is 5.41 Å². The van der Waals surface area contributed by atoms with Gasteiger partial charge in [0, 0.05) is 18.5 Å². The van der Waals surface area contributed by atoms with Crippen LogP contribution in [-0.2, 0) is 11.4 Å². The third kappa shape index (κ3) is 4.38. The van der Waals surface area contributed by atoms with Gasteiger partial charge in [-0.3, -0.25) is 4.79 Å². The summed E-state index contributed by atoms with van der Waals surface area (Å²) in [5.74, 6) is 2.08. The smallest absolute Gasteiger partial charge is 0.253 e. The molecule has 6 nitrogen and oxygen atoms in total. The van der Waals surface area contributed by atoms with Gasteiger partial charge in [0.05, 0.1) is 5.92 Å². The molecule has 1 atom stereocenters. The Balaban J connectivity index is 1.60. The lowest BCUT2D eigenvalue weighted by Gasteiger charge is -2.35. The molecule has 0 spiro atoms. The molecule has 1 aromatic heterocycles. The number of hydrogen-bond acceptors (Lipinski definition) is 5. The minimum absolute atomic E-state index is 0.0954. The molecule has 1 aromatic carbocycles. The van der Waals surface area contributed by atoms with E-state index in [0.717, 1.165) is 25.1 Å². The number of rotatable bonds is 4. The van der Waals surface area contributed by atoms with Crippen LogP contribution in [0.3, 0.4) is 0 Å². The average Bonchev–Trinajstić information content (AvgIpc) is 3.08. The van der Waals surface area contributed by atoms with Crippen molar-refractivity contribution < 1.29 is 13.9 Å². The molecule has 0 saturated carbocycles. The second-order valence-corrected chi connectivity index (χ2v) is 7.48. The lowest BCUT2D eigenvalue weighted by Crippen LogP contribution is -2.44. The van der Waals surface area contributed by atoms with Gasteiger partial charge in [-0.1, -0.05) is 39.0 Å². The number of amides is 1. The molecule has 1 aliphatic heterocycles. The maximum atomic E-state index is 12.5. The molecule has 1 unspecified atom stereocenters. The van der Waals surface area contributed by atoms with Gasteiger partial charge in [0.15, 0.2) is 6.61 Å². The van der Waals surface area contributed by atoms with E-state index < -0.39 is 0 Å². The van der Waals surface area contributed by atoms with Gasteiger partial charge in [-0.25, -0.2) is 0 Å². The van der Waals surface area contributed by atoms with Crippen LogP contribution in [0, 0.1) is 5.41 Å². The van der Waals surface area contributed by atoms with E-state index in [4.69, 9.17) is 9.15 Å². The highest BCUT2D eigenvalue weighted by Crippen LogP contribution is 2.29. The molecule has 2 aromatic rings. The van der Waals surface area contributed by atoms with E-state index >= 15 is 0 Å². The van der Waals surface area contributed by atoms with Crippen LogP contribution in [0.15, 0.2) is 34.7 Å². The number of ether oxygens (including phenoxy) is 1. The lowest BCUT2D eigenvalue weighted by molar-refractivity contribution is -0.140. The molecule has 0 radical (unpaired) electrons. The Morgan fingerprint density at radius 3 is 2.76 bits per heavy atom. The fourth-order valence-electron chi connectivity index (χ4n) is 2.99. The standard InChI is InChI=1S/C19H25N3O3/c1-19(2,3)18(23)22-11-7-8-14(12-22)17-21-20-16(25-17)13-24-15-9-5-4-6-10-15/h4-6,9-10,14H,7-8,11-13H2,1-3H3. The first-order valence-electron chi connectivity index (χ1n) is 8.73. The summed E-state index contributed by atoms with van der Waals surface area (Å²) in [4.78, 5) is 14.4. The van der Waals surface area contributed by atoms with Gasteiger partial charge in [0.2, 0.25) is 11.8 Å². The van der Waals surface area contributed by atoms with Crippen LogP contribution >= 0.6 is 0 Å². The van der Waals surface area contributed by atoms with Crippen molar-refractivity contribution in [3.8, 4) is 5.75 Å². The maximum absolute atomic E-state index is 12.5. The van der Waals surface area contributed by atoms with Gasteiger partial charge in [-0.15, -0.1) is 10.2 Å². The summed E-state index contributed by atoms with van der Waals surface area (Å²) in [7, 11) is 0. The molecular formula is C19H25N3O3. The van der Waals surface area contributed by atoms with Crippen molar-refractivity contribution in [1.82, 2.24) is 15.1 Å². The first-order chi connectivity index (χ1) is 11.9. The molecule has 3 rings (SSSR count). The predicted octanol–water partition coefficient (Wildman–Crippen LogP) is 3.40. The van der Waals surface area contributed by atoms with Crippen molar-refractivity contribution in [3.05, 3.63) is 42.1 Å². The van der Waals surface area contributed by atoms with Crippen LogP contribution < -0.4 is 4.74 Å². The third-order valence-corrected chi connectivity index (χ3v) is 4.29. The Morgan fingerprint density at radius 1 is 1.28 bits per heavy atom. The highest BCUT2D eigenvalue weighted by Gasteiger charge is 2.33. The molecule has 1 aliphatic rings. The fourth-order valence-corrected chi connectivity index (χ4v) is 2.99. The Bertz CT molecular complexity index is 706. The van der Waals surface area contributed by atoms with Crippen LogP contribution in [0.4, 0.5) is 0 Å². The molecule has 0 bridgehead atoms. The van der Waals surface area contributed by atoms with Crippen LogP contribution in [0.25, 0.3) is 0 Å². The zero-order valence-corrected chi connectivity index (χ0v) is 15.1. The van der Waals surface area contributed by atoms with E-state index in [1.54, 1.807) is 0 Å². The number of aromatic nitrogens is 2. The molecule has 1 saturated heterocycles. The van der Waals surface area contributed by atoms with Crippen LogP contribution in [0.2, 0.25) is 0 Å². The second-order valence-electron chi connectivity index (χ2n) is 7.48. The predicted molar refractivity (Wildman–Crippen MR) is 93.1 cm³/mol. The van der Waals surface area contributed by atoms with Crippen molar-refractivity contribution in [3.63, 3.8) is 0 Å². The van der Waals surface area contributed by atoms with Gasteiger partial charge in [0.25, 0.3) is 5.89 Å². The first-order valence-corrected chi connectivity index (χ1v) is 8.73. The van der Waals surface area contributed by atoms with Gasteiger partial charge >= 0.3 is 0 Å². The first kappa shape index (κ1) is 17.5. The van der Waals surface area contributed by atoms with E-state index in [1.807, 2.05) is 56.0 Å². The van der Waals surface area contributed by atoms with Crippen LogP contribution in [0.1, 0.15) is 51.3 Å². The minimum atomic E-state index is -0.370. The summed E-state index contributed by atoms with van der Waals surface area (Å²) in [6.07, 6.45) is 1.90. The summed E-state index contributed by atoms with van der Waals surface area (Å²) in [5.41, 5.74) is -0.370. The normalized spacial score (nSPS) is 18.2.